The Hall–Kier alpha value is -2.15. The summed E-state index contributed by atoms with van der Waals surface area (Å²) in [5.74, 6) is 0.471. The van der Waals surface area contributed by atoms with Crippen molar-refractivity contribution in [1.29, 1.82) is 0 Å². The van der Waals surface area contributed by atoms with Crippen LogP contribution in [0.4, 0.5) is 5.69 Å². The number of halogens is 2. The van der Waals surface area contributed by atoms with Crippen molar-refractivity contribution >= 4 is 79.4 Å². The number of aryl methyl sites for hydroxylation is 1. The number of carbonyl (C=O) groups is 1. The summed E-state index contributed by atoms with van der Waals surface area (Å²) in [6.45, 7) is 2.02. The van der Waals surface area contributed by atoms with Crippen LogP contribution in [0.3, 0.4) is 0 Å². The second-order valence-electron chi connectivity index (χ2n) is 6.18. The van der Waals surface area contributed by atoms with Crippen LogP contribution in [0.2, 0.25) is 5.02 Å². The molecule has 2 aromatic heterocycles. The van der Waals surface area contributed by atoms with Crippen LogP contribution in [0.15, 0.2) is 42.5 Å². The van der Waals surface area contributed by atoms with E-state index in [9.17, 15) is 4.79 Å². The summed E-state index contributed by atoms with van der Waals surface area (Å²) in [5.41, 5.74) is 2.08. The summed E-state index contributed by atoms with van der Waals surface area (Å²) in [5, 5.41) is 19.9. The first-order chi connectivity index (χ1) is 14.4. The summed E-state index contributed by atoms with van der Waals surface area (Å²) in [6.07, 6.45) is 0.768. The lowest BCUT2D eigenvalue weighted by atomic mass is 10.2. The molecular formula is C19H14ClIN6OS2. The summed E-state index contributed by atoms with van der Waals surface area (Å²) < 4.78 is 2.68. The summed E-state index contributed by atoms with van der Waals surface area (Å²) in [6, 6.07) is 12.8. The highest BCUT2D eigenvalue weighted by Crippen LogP contribution is 2.26. The number of aromatic nitrogens is 4. The second-order valence-corrected chi connectivity index (χ2v) is 9.20. The molecule has 0 fully saturated rings. The summed E-state index contributed by atoms with van der Waals surface area (Å²) in [7, 11) is 0. The predicted octanol–water partition coefficient (Wildman–Crippen LogP) is 4.80. The average Bonchev–Trinajstić information content (AvgIpc) is 3.31. The Kier molecular flexibility index (Phi) is 6.27. The minimum absolute atomic E-state index is 0.189. The van der Waals surface area contributed by atoms with Crippen molar-refractivity contribution < 1.29 is 4.79 Å². The Morgan fingerprint density at radius 2 is 2.00 bits per heavy atom. The molecule has 1 amide bonds. The highest BCUT2D eigenvalue weighted by atomic mass is 127. The van der Waals surface area contributed by atoms with E-state index in [4.69, 9.17) is 23.8 Å². The number of hydrogen-bond acceptors (Lipinski definition) is 6. The number of hydrogen-bond donors (Lipinski definition) is 2. The van der Waals surface area contributed by atoms with Gasteiger partial charge in [-0.1, -0.05) is 29.9 Å². The molecule has 0 radical (unpaired) electrons. The van der Waals surface area contributed by atoms with Crippen molar-refractivity contribution in [2.75, 3.05) is 5.32 Å². The Morgan fingerprint density at radius 1 is 1.23 bits per heavy atom. The largest absolute Gasteiger partial charge is 0.332 e. The van der Waals surface area contributed by atoms with Gasteiger partial charge < -0.3 is 5.32 Å². The van der Waals surface area contributed by atoms with Crippen molar-refractivity contribution in [1.82, 2.24) is 25.1 Å². The fourth-order valence-corrected chi connectivity index (χ4v) is 4.46. The van der Waals surface area contributed by atoms with Gasteiger partial charge in [-0.15, -0.1) is 10.2 Å². The number of carbonyl (C=O) groups excluding carboxylic acids is 1. The zero-order valence-corrected chi connectivity index (χ0v) is 20.1. The number of nitrogens with zero attached hydrogens (tertiary/aromatic N) is 4. The molecule has 0 bridgehead atoms. The van der Waals surface area contributed by atoms with Gasteiger partial charge in [-0.25, -0.2) is 0 Å². The molecule has 152 valence electrons. The molecule has 2 N–H and O–H groups in total. The quantitative estimate of drug-likeness (QED) is 0.272. The Morgan fingerprint density at radius 3 is 2.73 bits per heavy atom. The van der Waals surface area contributed by atoms with Crippen LogP contribution in [-0.2, 0) is 6.42 Å². The smallest absolute Gasteiger partial charge is 0.258 e. The van der Waals surface area contributed by atoms with Crippen LogP contribution in [-0.4, -0.2) is 30.8 Å². The lowest BCUT2D eigenvalue weighted by molar-refractivity contribution is 0.0978. The molecule has 2 aromatic carbocycles. The number of thiocarbonyl (C=S) groups is 1. The highest BCUT2D eigenvalue weighted by Gasteiger charge is 2.14. The zero-order valence-electron chi connectivity index (χ0n) is 15.5. The summed E-state index contributed by atoms with van der Waals surface area (Å²) in [4.78, 5) is 13.2. The third kappa shape index (κ3) is 4.46. The fourth-order valence-electron chi connectivity index (χ4n) is 2.70. The van der Waals surface area contributed by atoms with Crippen molar-refractivity contribution in [3.05, 3.63) is 62.4 Å². The van der Waals surface area contributed by atoms with Gasteiger partial charge in [0.15, 0.2) is 10.9 Å². The van der Waals surface area contributed by atoms with Gasteiger partial charge in [-0.2, -0.15) is 9.61 Å². The number of fused-ring (bicyclic) bond motifs is 1. The number of anilines is 1. The molecule has 0 atom stereocenters. The molecule has 30 heavy (non-hydrogen) atoms. The van der Waals surface area contributed by atoms with E-state index in [-0.39, 0.29) is 11.0 Å². The molecule has 0 aliphatic heterocycles. The van der Waals surface area contributed by atoms with Gasteiger partial charge in [-0.3, -0.25) is 10.1 Å². The standard InChI is InChI=1S/C19H14ClIN6OS2/c1-2-15-24-25-19-27(15)26-17(30-19)10-3-6-12(7-4-10)22-18(29)23-16(28)13-9-11(21)5-8-14(13)20/h3-9H,2H2,1H3,(H2,22,23,28,29). The minimum Gasteiger partial charge on any atom is -0.332 e. The molecule has 11 heteroatoms. The van der Waals surface area contributed by atoms with E-state index in [1.54, 1.807) is 16.6 Å². The SMILES string of the molecule is CCc1nnc2sc(-c3ccc(NC(=S)NC(=O)c4cc(I)ccc4Cl)cc3)nn12. The molecule has 0 aliphatic rings. The van der Waals surface area contributed by atoms with E-state index in [0.29, 0.717) is 10.6 Å². The van der Waals surface area contributed by atoms with E-state index in [1.807, 2.05) is 37.3 Å². The lowest BCUT2D eigenvalue weighted by Crippen LogP contribution is -2.34. The summed E-state index contributed by atoms with van der Waals surface area (Å²) >= 11 is 15.0. The Bertz CT molecular complexity index is 1250. The molecule has 7 nitrogen and oxygen atoms in total. The van der Waals surface area contributed by atoms with Crippen LogP contribution in [0.1, 0.15) is 23.1 Å². The van der Waals surface area contributed by atoms with Crippen molar-refractivity contribution in [2.45, 2.75) is 13.3 Å². The molecule has 0 spiro atoms. The van der Waals surface area contributed by atoms with Crippen LogP contribution < -0.4 is 10.6 Å². The van der Waals surface area contributed by atoms with Gasteiger partial charge in [0.1, 0.15) is 5.01 Å². The first-order valence-corrected chi connectivity index (χ1v) is 11.5. The maximum absolute atomic E-state index is 12.4. The van der Waals surface area contributed by atoms with Crippen LogP contribution in [0.25, 0.3) is 15.5 Å². The van der Waals surface area contributed by atoms with Crippen LogP contribution in [0.5, 0.6) is 0 Å². The van der Waals surface area contributed by atoms with Gasteiger partial charge >= 0.3 is 0 Å². The minimum atomic E-state index is -0.362. The topological polar surface area (TPSA) is 84.2 Å². The lowest BCUT2D eigenvalue weighted by Gasteiger charge is -2.11. The number of nitrogens with one attached hydrogen (secondary N) is 2. The number of amides is 1. The van der Waals surface area contributed by atoms with Crippen molar-refractivity contribution in [3.8, 4) is 10.6 Å². The van der Waals surface area contributed by atoms with Crippen molar-refractivity contribution in [2.24, 2.45) is 0 Å². The Balaban J connectivity index is 1.43. The van der Waals surface area contributed by atoms with Gasteiger partial charge in [-0.05, 0) is 77.3 Å². The van der Waals surface area contributed by atoms with E-state index < -0.39 is 0 Å². The normalized spacial score (nSPS) is 10.9. The molecule has 2 heterocycles. The van der Waals surface area contributed by atoms with Crippen molar-refractivity contribution in [3.63, 3.8) is 0 Å². The molecule has 0 unspecified atom stereocenters. The maximum atomic E-state index is 12.4. The highest BCUT2D eigenvalue weighted by molar-refractivity contribution is 14.1. The Labute approximate surface area is 200 Å². The third-order valence-electron chi connectivity index (χ3n) is 4.16. The molecular weight excluding hydrogens is 555 g/mol. The molecule has 0 saturated carbocycles. The third-order valence-corrected chi connectivity index (χ3v) is 6.31. The van der Waals surface area contributed by atoms with E-state index in [0.717, 1.165) is 37.0 Å². The zero-order chi connectivity index (χ0) is 21.3. The van der Waals surface area contributed by atoms with Crippen LogP contribution >= 0.6 is 57.7 Å². The first kappa shape index (κ1) is 21.1. The van der Waals surface area contributed by atoms with Gasteiger partial charge in [0.25, 0.3) is 5.91 Å². The molecule has 0 saturated heterocycles. The number of benzene rings is 2. The van der Waals surface area contributed by atoms with E-state index in [1.165, 1.54) is 11.3 Å². The maximum Gasteiger partial charge on any atom is 0.258 e. The van der Waals surface area contributed by atoms with Gasteiger partial charge in [0.05, 0.1) is 10.6 Å². The monoisotopic (exact) mass is 568 g/mol. The van der Waals surface area contributed by atoms with Crippen LogP contribution in [0, 0.1) is 3.57 Å². The average molecular weight is 569 g/mol. The van der Waals surface area contributed by atoms with Gasteiger partial charge in [0, 0.05) is 21.2 Å². The molecule has 0 aliphatic carbocycles. The van der Waals surface area contributed by atoms with E-state index >= 15 is 0 Å². The second kappa shape index (κ2) is 8.92. The molecule has 4 aromatic rings. The first-order valence-electron chi connectivity index (χ1n) is 8.83. The van der Waals surface area contributed by atoms with E-state index in [2.05, 4.69) is 48.5 Å². The fraction of sp³-hybridized carbons (Fsp3) is 0.105. The van der Waals surface area contributed by atoms with Gasteiger partial charge in [0.2, 0.25) is 4.96 Å². The molecule has 4 rings (SSSR count). The predicted molar refractivity (Wildman–Crippen MR) is 131 cm³/mol. The number of rotatable bonds is 4.